The van der Waals surface area contributed by atoms with E-state index in [1.165, 1.54) is 0 Å². The summed E-state index contributed by atoms with van der Waals surface area (Å²) in [4.78, 5) is 14.2. The molecule has 3 N–H and O–H groups in total. The van der Waals surface area contributed by atoms with Gasteiger partial charge in [0.05, 0.1) is 0 Å². The number of hydrogen-bond acceptors (Lipinski definition) is 3. The number of nitrogens with zero attached hydrogens (tertiary/aromatic N) is 2. The van der Waals surface area contributed by atoms with Crippen molar-refractivity contribution in [3.05, 3.63) is 34.3 Å². The second kappa shape index (κ2) is 7.89. The van der Waals surface area contributed by atoms with Crippen LogP contribution in [0.4, 0.5) is 0 Å². The number of carbonyl (C=O) groups excluding carboxylic acids is 1. The lowest BCUT2D eigenvalue weighted by Gasteiger charge is -2.24. The first kappa shape index (κ1) is 16.5. The van der Waals surface area contributed by atoms with Crippen LogP contribution in [0.1, 0.15) is 30.6 Å². The molecule has 0 aromatic heterocycles. The molecule has 110 valence electrons. The molecule has 0 radical (unpaired) electrons. The number of oxime groups is 1. The number of benzene rings is 1. The van der Waals surface area contributed by atoms with Gasteiger partial charge in [0.2, 0.25) is 0 Å². The van der Waals surface area contributed by atoms with Gasteiger partial charge in [0.25, 0.3) is 5.91 Å². The van der Waals surface area contributed by atoms with Crippen LogP contribution in [0.25, 0.3) is 0 Å². The molecule has 0 bridgehead atoms. The fraction of sp³-hybridized carbons (Fsp3) is 0.429. The molecule has 0 unspecified atom stereocenters. The Morgan fingerprint density at radius 1 is 1.50 bits per heavy atom. The molecule has 20 heavy (non-hydrogen) atoms. The molecular formula is C14H20BrN3O2. The Kier molecular flexibility index (Phi) is 6.51. The van der Waals surface area contributed by atoms with E-state index in [0.717, 1.165) is 4.47 Å². The van der Waals surface area contributed by atoms with Crippen molar-refractivity contribution in [3.63, 3.8) is 0 Å². The summed E-state index contributed by atoms with van der Waals surface area (Å²) in [5.74, 6) is 0.421. The van der Waals surface area contributed by atoms with E-state index in [0.29, 0.717) is 31.0 Å². The Morgan fingerprint density at radius 2 is 2.20 bits per heavy atom. The van der Waals surface area contributed by atoms with Crippen LogP contribution in [0.5, 0.6) is 0 Å². The molecule has 1 amide bonds. The summed E-state index contributed by atoms with van der Waals surface area (Å²) in [6.07, 6.45) is 0.350. The van der Waals surface area contributed by atoms with E-state index in [1.54, 1.807) is 17.0 Å². The van der Waals surface area contributed by atoms with Gasteiger partial charge in [0.1, 0.15) is 5.84 Å². The minimum atomic E-state index is -0.0502. The molecule has 0 heterocycles. The summed E-state index contributed by atoms with van der Waals surface area (Å²) >= 11 is 3.36. The van der Waals surface area contributed by atoms with Crippen LogP contribution in [0.3, 0.4) is 0 Å². The number of nitrogens with two attached hydrogens (primary N) is 1. The Balaban J connectivity index is 2.84. The summed E-state index contributed by atoms with van der Waals surface area (Å²) in [6.45, 7) is 5.15. The Morgan fingerprint density at radius 3 is 2.75 bits per heavy atom. The largest absolute Gasteiger partial charge is 0.409 e. The van der Waals surface area contributed by atoms with Crippen LogP contribution in [0.2, 0.25) is 0 Å². The zero-order valence-corrected chi connectivity index (χ0v) is 13.3. The molecule has 6 heteroatoms. The molecule has 0 fully saturated rings. The normalized spacial score (nSPS) is 11.7. The Bertz CT molecular complexity index is 489. The zero-order chi connectivity index (χ0) is 15.1. The van der Waals surface area contributed by atoms with E-state index in [1.807, 2.05) is 26.0 Å². The first-order valence-corrected chi connectivity index (χ1v) is 7.24. The lowest BCUT2D eigenvalue weighted by atomic mass is 10.1. The molecule has 0 aliphatic heterocycles. The van der Waals surface area contributed by atoms with E-state index in [4.69, 9.17) is 10.9 Å². The fourth-order valence-corrected chi connectivity index (χ4v) is 2.22. The van der Waals surface area contributed by atoms with Crippen LogP contribution < -0.4 is 5.73 Å². The summed E-state index contributed by atoms with van der Waals surface area (Å²) in [7, 11) is 0. The molecule has 0 aliphatic carbocycles. The number of rotatable bonds is 6. The number of halogens is 1. The number of amides is 1. The quantitative estimate of drug-likeness (QED) is 0.361. The van der Waals surface area contributed by atoms with Crippen molar-refractivity contribution in [2.45, 2.75) is 20.3 Å². The second-order valence-corrected chi connectivity index (χ2v) is 5.91. The van der Waals surface area contributed by atoms with Gasteiger partial charge in [-0.05, 0) is 24.1 Å². The fourth-order valence-electron chi connectivity index (χ4n) is 1.82. The molecule has 1 aromatic rings. The van der Waals surface area contributed by atoms with Crippen molar-refractivity contribution < 1.29 is 10.0 Å². The number of hydrogen-bond donors (Lipinski definition) is 2. The molecule has 0 saturated carbocycles. The van der Waals surface area contributed by atoms with Crippen LogP contribution in [0.15, 0.2) is 33.9 Å². The smallest absolute Gasteiger partial charge is 0.253 e. The summed E-state index contributed by atoms with van der Waals surface area (Å²) in [6, 6.07) is 7.28. The van der Waals surface area contributed by atoms with E-state index < -0.39 is 0 Å². The summed E-state index contributed by atoms with van der Waals surface area (Å²) in [5.41, 5.74) is 6.09. The van der Waals surface area contributed by atoms with Crippen molar-refractivity contribution in [1.82, 2.24) is 4.90 Å². The monoisotopic (exact) mass is 341 g/mol. The molecule has 0 atom stereocenters. The maximum absolute atomic E-state index is 12.5. The van der Waals surface area contributed by atoms with Gasteiger partial charge in [-0.15, -0.1) is 0 Å². The highest BCUT2D eigenvalue weighted by atomic mass is 79.9. The third kappa shape index (κ3) is 5.21. The maximum Gasteiger partial charge on any atom is 0.253 e. The maximum atomic E-state index is 12.5. The van der Waals surface area contributed by atoms with Crippen LogP contribution in [0, 0.1) is 5.92 Å². The Hall–Kier alpha value is -1.56. The van der Waals surface area contributed by atoms with Gasteiger partial charge in [0.15, 0.2) is 0 Å². The zero-order valence-electron chi connectivity index (χ0n) is 11.7. The van der Waals surface area contributed by atoms with Gasteiger partial charge in [-0.25, -0.2) is 0 Å². The Labute approximate surface area is 127 Å². The second-order valence-electron chi connectivity index (χ2n) is 5.00. The van der Waals surface area contributed by atoms with E-state index in [2.05, 4.69) is 21.1 Å². The first-order chi connectivity index (χ1) is 9.43. The number of carbonyl (C=O) groups is 1. The van der Waals surface area contributed by atoms with Crippen molar-refractivity contribution in [2.75, 3.05) is 13.1 Å². The highest BCUT2D eigenvalue weighted by Crippen LogP contribution is 2.14. The average molecular weight is 342 g/mol. The van der Waals surface area contributed by atoms with Crippen molar-refractivity contribution in [2.24, 2.45) is 16.8 Å². The SMILES string of the molecule is CC(C)CN(CCC(N)=NO)C(=O)c1cccc(Br)c1. The standard InChI is InChI=1S/C14H20BrN3O2/c1-10(2)9-18(7-6-13(16)17-20)14(19)11-4-3-5-12(15)8-11/h3-5,8,10,20H,6-7,9H2,1-2H3,(H2,16,17). The summed E-state index contributed by atoms with van der Waals surface area (Å²) < 4.78 is 0.865. The topological polar surface area (TPSA) is 78.9 Å². The van der Waals surface area contributed by atoms with E-state index in [9.17, 15) is 4.79 Å². The average Bonchev–Trinajstić information content (AvgIpc) is 2.41. The molecular weight excluding hydrogens is 322 g/mol. The highest BCUT2D eigenvalue weighted by Gasteiger charge is 2.17. The third-order valence-corrected chi connectivity index (χ3v) is 3.20. The van der Waals surface area contributed by atoms with Gasteiger partial charge in [0, 0.05) is 29.5 Å². The molecule has 0 aliphatic rings. The predicted octanol–water partition coefficient (Wildman–Crippen LogP) is 2.68. The van der Waals surface area contributed by atoms with Gasteiger partial charge in [-0.3, -0.25) is 4.79 Å². The van der Waals surface area contributed by atoms with Crippen molar-refractivity contribution >= 4 is 27.7 Å². The lowest BCUT2D eigenvalue weighted by molar-refractivity contribution is 0.0740. The van der Waals surface area contributed by atoms with Crippen LogP contribution in [-0.2, 0) is 0 Å². The van der Waals surface area contributed by atoms with Gasteiger partial charge in [-0.2, -0.15) is 0 Å². The molecule has 1 rings (SSSR count). The van der Waals surface area contributed by atoms with Gasteiger partial charge >= 0.3 is 0 Å². The third-order valence-electron chi connectivity index (χ3n) is 2.71. The molecule has 0 spiro atoms. The van der Waals surface area contributed by atoms with E-state index >= 15 is 0 Å². The predicted molar refractivity (Wildman–Crippen MR) is 82.9 cm³/mol. The van der Waals surface area contributed by atoms with Crippen molar-refractivity contribution in [3.8, 4) is 0 Å². The minimum Gasteiger partial charge on any atom is -0.409 e. The number of amidine groups is 1. The van der Waals surface area contributed by atoms with Crippen molar-refractivity contribution in [1.29, 1.82) is 0 Å². The first-order valence-electron chi connectivity index (χ1n) is 6.45. The molecule has 0 saturated heterocycles. The highest BCUT2D eigenvalue weighted by molar-refractivity contribution is 9.10. The molecule has 1 aromatic carbocycles. The van der Waals surface area contributed by atoms with Crippen LogP contribution in [-0.4, -0.2) is 34.9 Å². The molecule has 5 nitrogen and oxygen atoms in total. The minimum absolute atomic E-state index is 0.0502. The van der Waals surface area contributed by atoms with Gasteiger partial charge in [-0.1, -0.05) is 41.0 Å². The summed E-state index contributed by atoms with van der Waals surface area (Å²) in [5, 5.41) is 11.5. The van der Waals surface area contributed by atoms with Crippen LogP contribution >= 0.6 is 15.9 Å². The van der Waals surface area contributed by atoms with Gasteiger partial charge < -0.3 is 15.8 Å². The lowest BCUT2D eigenvalue weighted by Crippen LogP contribution is -2.36. The van der Waals surface area contributed by atoms with E-state index in [-0.39, 0.29) is 11.7 Å².